The highest BCUT2D eigenvalue weighted by molar-refractivity contribution is 5.91. The van der Waals surface area contributed by atoms with Crippen LogP contribution < -0.4 is 14.5 Å². The molecular weight excluding hydrogens is 576 g/mol. The molecule has 0 saturated carbocycles. The predicted molar refractivity (Wildman–Crippen MR) is 166 cm³/mol. The van der Waals surface area contributed by atoms with E-state index in [1.165, 1.54) is 17.7 Å². The highest BCUT2D eigenvalue weighted by Crippen LogP contribution is 2.40. The van der Waals surface area contributed by atoms with Crippen LogP contribution in [0.25, 0.3) is 0 Å². The van der Waals surface area contributed by atoms with E-state index in [4.69, 9.17) is 14.7 Å². The zero-order valence-corrected chi connectivity index (χ0v) is 25.9. The van der Waals surface area contributed by atoms with E-state index in [0.29, 0.717) is 38.7 Å². The molecule has 238 valence electrons. The van der Waals surface area contributed by atoms with Gasteiger partial charge in [-0.05, 0) is 94.1 Å². The van der Waals surface area contributed by atoms with Crippen molar-refractivity contribution >= 4 is 17.4 Å². The molecule has 1 aromatic carbocycles. The van der Waals surface area contributed by atoms with Crippen LogP contribution in [0.2, 0.25) is 0 Å². The molecule has 3 saturated heterocycles. The standard InChI is InChI=1S/C34H41F2N7O2/c1-23(35)32(44)43-19-18-41(20-24(43)10-14-37)31-27-11-17-40(30-9-8-28(36)25-6-2-3-7-26(25)30)21-29(27)38-33(39-31)45-22-34-12-4-15-42(34)16-5-13-34/h8-9,24H,1-7,10-13,15-22H2/t24-/m0/s1. The zero-order chi connectivity index (χ0) is 31.1. The normalized spacial score (nSPS) is 22.4. The lowest BCUT2D eigenvalue weighted by Gasteiger charge is -2.42. The van der Waals surface area contributed by atoms with E-state index in [1.807, 2.05) is 6.07 Å². The van der Waals surface area contributed by atoms with Gasteiger partial charge in [-0.1, -0.05) is 6.58 Å². The lowest BCUT2D eigenvalue weighted by atomic mass is 9.89. The van der Waals surface area contributed by atoms with E-state index in [1.54, 1.807) is 6.07 Å². The number of carbonyl (C=O) groups excluding carboxylic acids is 1. The second-order valence-corrected chi connectivity index (χ2v) is 13.2. The minimum atomic E-state index is -1.02. The average Bonchev–Trinajstić information content (AvgIpc) is 3.64. The molecule has 5 heterocycles. The van der Waals surface area contributed by atoms with Crippen molar-refractivity contribution in [3.63, 3.8) is 0 Å². The van der Waals surface area contributed by atoms with Gasteiger partial charge < -0.3 is 19.4 Å². The van der Waals surface area contributed by atoms with Gasteiger partial charge in [0.15, 0.2) is 5.83 Å². The van der Waals surface area contributed by atoms with Gasteiger partial charge >= 0.3 is 6.01 Å². The number of nitrogens with zero attached hydrogens (tertiary/aromatic N) is 7. The summed E-state index contributed by atoms with van der Waals surface area (Å²) in [6, 6.07) is 5.53. The van der Waals surface area contributed by atoms with Crippen molar-refractivity contribution in [3.05, 3.63) is 52.7 Å². The molecule has 4 aliphatic heterocycles. The summed E-state index contributed by atoms with van der Waals surface area (Å²) in [5.74, 6) is -1.13. The quantitative estimate of drug-likeness (QED) is 0.421. The van der Waals surface area contributed by atoms with Crippen molar-refractivity contribution in [1.82, 2.24) is 19.8 Å². The summed E-state index contributed by atoms with van der Waals surface area (Å²) in [6.07, 6.45) is 9.06. The molecule has 7 rings (SSSR count). The number of hydrogen-bond acceptors (Lipinski definition) is 8. The number of carbonyl (C=O) groups is 1. The van der Waals surface area contributed by atoms with E-state index in [9.17, 15) is 18.8 Å². The molecule has 5 aliphatic rings. The van der Waals surface area contributed by atoms with Gasteiger partial charge in [0.25, 0.3) is 5.91 Å². The highest BCUT2D eigenvalue weighted by Gasteiger charge is 2.45. The topological polar surface area (TPSA) is 88.8 Å². The van der Waals surface area contributed by atoms with E-state index < -0.39 is 17.8 Å². The number of amides is 1. The molecule has 0 bridgehead atoms. The van der Waals surface area contributed by atoms with Crippen LogP contribution in [0, 0.1) is 17.1 Å². The minimum absolute atomic E-state index is 0.0390. The smallest absolute Gasteiger partial charge is 0.318 e. The minimum Gasteiger partial charge on any atom is -0.461 e. The van der Waals surface area contributed by atoms with Gasteiger partial charge in [0.1, 0.15) is 18.2 Å². The Morgan fingerprint density at radius 2 is 1.78 bits per heavy atom. The van der Waals surface area contributed by atoms with Crippen molar-refractivity contribution in [2.45, 2.75) is 82.3 Å². The van der Waals surface area contributed by atoms with Crippen LogP contribution in [0.3, 0.4) is 0 Å². The fraction of sp³-hybridized carbons (Fsp3) is 0.588. The number of nitriles is 1. The van der Waals surface area contributed by atoms with E-state index in [2.05, 4.69) is 27.3 Å². The second-order valence-electron chi connectivity index (χ2n) is 13.2. The molecule has 1 amide bonds. The van der Waals surface area contributed by atoms with Crippen molar-refractivity contribution in [1.29, 1.82) is 5.26 Å². The van der Waals surface area contributed by atoms with E-state index >= 15 is 0 Å². The van der Waals surface area contributed by atoms with Crippen LogP contribution in [0.5, 0.6) is 6.01 Å². The first-order chi connectivity index (χ1) is 21.9. The lowest BCUT2D eigenvalue weighted by Crippen LogP contribution is -2.55. The maximum Gasteiger partial charge on any atom is 0.318 e. The first kappa shape index (κ1) is 29.9. The summed E-state index contributed by atoms with van der Waals surface area (Å²) >= 11 is 0. The second kappa shape index (κ2) is 12.2. The fourth-order valence-electron chi connectivity index (χ4n) is 8.43. The number of aromatic nitrogens is 2. The zero-order valence-electron chi connectivity index (χ0n) is 25.9. The number of fused-ring (bicyclic) bond motifs is 3. The van der Waals surface area contributed by atoms with Gasteiger partial charge in [-0.15, -0.1) is 0 Å². The molecule has 0 spiro atoms. The van der Waals surface area contributed by atoms with Gasteiger partial charge in [-0.3, -0.25) is 9.69 Å². The van der Waals surface area contributed by atoms with Gasteiger partial charge in [-0.2, -0.15) is 15.2 Å². The molecule has 2 aromatic rings. The Balaban J connectivity index is 1.21. The molecule has 0 radical (unpaired) electrons. The van der Waals surface area contributed by atoms with Crippen LogP contribution in [-0.4, -0.2) is 83.1 Å². The van der Waals surface area contributed by atoms with Crippen molar-refractivity contribution in [3.8, 4) is 12.1 Å². The Morgan fingerprint density at radius 1 is 1.00 bits per heavy atom. The van der Waals surface area contributed by atoms with E-state index in [0.717, 1.165) is 92.0 Å². The SMILES string of the molecule is C=C(F)C(=O)N1CCN(c2nc(OCC34CCCN3CCC4)nc3c2CCN(c2ccc(F)c4c2CCCC4)C3)C[C@@H]1CC#N. The monoisotopic (exact) mass is 617 g/mol. The molecule has 45 heavy (non-hydrogen) atoms. The molecule has 9 nitrogen and oxygen atoms in total. The molecule has 1 atom stereocenters. The Morgan fingerprint density at radius 3 is 2.53 bits per heavy atom. The fourth-order valence-corrected chi connectivity index (χ4v) is 8.43. The number of piperazine rings is 1. The summed E-state index contributed by atoms with van der Waals surface area (Å²) in [6.45, 7) is 8.28. The maximum absolute atomic E-state index is 14.7. The molecule has 0 unspecified atom stereocenters. The number of ether oxygens (including phenoxy) is 1. The predicted octanol–water partition coefficient (Wildman–Crippen LogP) is 4.48. The molecule has 0 N–H and O–H groups in total. The molecule has 11 heteroatoms. The summed E-state index contributed by atoms with van der Waals surface area (Å²) in [5, 5.41) is 9.54. The number of anilines is 2. The Labute approximate surface area is 263 Å². The van der Waals surface area contributed by atoms with Crippen LogP contribution in [0.15, 0.2) is 24.5 Å². The van der Waals surface area contributed by atoms with Crippen LogP contribution in [0.1, 0.15) is 67.3 Å². The molecule has 1 aliphatic carbocycles. The average molecular weight is 618 g/mol. The van der Waals surface area contributed by atoms with Gasteiger partial charge in [0.2, 0.25) is 0 Å². The summed E-state index contributed by atoms with van der Waals surface area (Å²) in [7, 11) is 0. The third-order valence-electron chi connectivity index (χ3n) is 10.7. The summed E-state index contributed by atoms with van der Waals surface area (Å²) < 4.78 is 35.1. The summed E-state index contributed by atoms with van der Waals surface area (Å²) in [5.41, 5.74) is 5.00. The molecular formula is C34H41F2N7O2. The van der Waals surface area contributed by atoms with Gasteiger partial charge in [0.05, 0.1) is 36.3 Å². The lowest BCUT2D eigenvalue weighted by molar-refractivity contribution is -0.131. The number of benzene rings is 1. The third kappa shape index (κ3) is 5.51. The van der Waals surface area contributed by atoms with Gasteiger partial charge in [0, 0.05) is 37.4 Å². The van der Waals surface area contributed by atoms with Crippen LogP contribution in [0.4, 0.5) is 20.3 Å². The van der Waals surface area contributed by atoms with Crippen molar-refractivity contribution < 1.29 is 18.3 Å². The van der Waals surface area contributed by atoms with Crippen molar-refractivity contribution in [2.24, 2.45) is 0 Å². The number of hydrogen-bond donors (Lipinski definition) is 0. The first-order valence-electron chi connectivity index (χ1n) is 16.5. The van der Waals surface area contributed by atoms with Crippen molar-refractivity contribution in [2.75, 3.05) is 55.7 Å². The molecule has 3 fully saturated rings. The Bertz CT molecular complexity index is 1530. The Kier molecular flexibility index (Phi) is 8.11. The third-order valence-corrected chi connectivity index (χ3v) is 10.7. The van der Waals surface area contributed by atoms with Gasteiger partial charge in [-0.25, -0.2) is 8.78 Å². The largest absolute Gasteiger partial charge is 0.461 e. The first-order valence-corrected chi connectivity index (χ1v) is 16.5. The maximum atomic E-state index is 14.7. The van der Waals surface area contributed by atoms with Crippen LogP contribution in [-0.2, 0) is 30.6 Å². The van der Waals surface area contributed by atoms with E-state index in [-0.39, 0.29) is 24.3 Å². The molecule has 1 aromatic heterocycles. The number of halogens is 2. The number of rotatable bonds is 7. The highest BCUT2D eigenvalue weighted by atomic mass is 19.1. The summed E-state index contributed by atoms with van der Waals surface area (Å²) in [4.78, 5) is 30.9. The van der Waals surface area contributed by atoms with Crippen LogP contribution >= 0.6 is 0 Å². The Hall–Kier alpha value is -3.78.